The van der Waals surface area contributed by atoms with Crippen LogP contribution in [0.3, 0.4) is 0 Å². The molecular weight excluding hydrogens is 363 g/mol. The Balaban J connectivity index is 1.45. The number of nitrogens with zero attached hydrogens (tertiary/aromatic N) is 4. The van der Waals surface area contributed by atoms with E-state index in [4.69, 9.17) is 0 Å². The maximum Gasteiger partial charge on any atom is 0.227 e. The van der Waals surface area contributed by atoms with Crippen LogP contribution in [0.5, 0.6) is 0 Å². The zero-order chi connectivity index (χ0) is 18.6. The number of benzene rings is 1. The summed E-state index contributed by atoms with van der Waals surface area (Å²) in [5.74, 6) is 0.837. The summed E-state index contributed by atoms with van der Waals surface area (Å²) in [5, 5.41) is 2.04. The first-order valence-electron chi connectivity index (χ1n) is 9.10. The van der Waals surface area contributed by atoms with Crippen LogP contribution in [0, 0.1) is 5.82 Å². The van der Waals surface area contributed by atoms with Crippen molar-refractivity contribution in [3.05, 3.63) is 70.4 Å². The molecule has 0 spiro atoms. The zero-order valence-corrected chi connectivity index (χ0v) is 15.7. The van der Waals surface area contributed by atoms with E-state index < -0.39 is 0 Å². The average Bonchev–Trinajstić information content (AvgIpc) is 3.36. The quantitative estimate of drug-likeness (QED) is 0.677. The van der Waals surface area contributed by atoms with Crippen molar-refractivity contribution in [2.75, 3.05) is 13.1 Å². The monoisotopic (exact) mass is 384 g/mol. The van der Waals surface area contributed by atoms with Gasteiger partial charge in [-0.15, -0.1) is 11.3 Å². The molecule has 27 heavy (non-hydrogen) atoms. The number of likely N-dealkylation sites (tertiary alicyclic amines) is 1. The lowest BCUT2D eigenvalue weighted by atomic mass is 9.96. The lowest BCUT2D eigenvalue weighted by Gasteiger charge is -2.33. The van der Waals surface area contributed by atoms with Crippen LogP contribution in [-0.2, 0) is 17.8 Å². The maximum atomic E-state index is 13.9. The van der Waals surface area contributed by atoms with Crippen LogP contribution in [0.25, 0.3) is 0 Å². The van der Waals surface area contributed by atoms with Gasteiger partial charge >= 0.3 is 0 Å². The van der Waals surface area contributed by atoms with Gasteiger partial charge in [0.1, 0.15) is 11.6 Å². The Hall–Kier alpha value is -2.54. The van der Waals surface area contributed by atoms with Crippen molar-refractivity contribution in [1.82, 2.24) is 19.4 Å². The second-order valence-electron chi connectivity index (χ2n) is 6.84. The predicted molar refractivity (Wildman–Crippen MR) is 102 cm³/mol. The molecule has 0 saturated carbocycles. The Bertz CT molecular complexity index is 908. The van der Waals surface area contributed by atoms with E-state index >= 15 is 0 Å². The van der Waals surface area contributed by atoms with E-state index in [2.05, 4.69) is 14.5 Å². The molecule has 2 aromatic heterocycles. The van der Waals surface area contributed by atoms with E-state index in [0.717, 1.165) is 30.9 Å². The van der Waals surface area contributed by atoms with Crippen LogP contribution in [0.15, 0.2) is 47.5 Å². The number of amides is 1. The summed E-state index contributed by atoms with van der Waals surface area (Å²) in [6, 6.07) is 6.48. The smallest absolute Gasteiger partial charge is 0.227 e. The van der Waals surface area contributed by atoms with Crippen LogP contribution in [0.4, 0.5) is 4.39 Å². The number of hydrogen-bond acceptors (Lipinski definition) is 4. The summed E-state index contributed by atoms with van der Waals surface area (Å²) in [4.78, 5) is 23.4. The molecule has 0 unspecified atom stereocenters. The van der Waals surface area contributed by atoms with Gasteiger partial charge < -0.3 is 9.47 Å². The number of carbonyl (C=O) groups is 1. The van der Waals surface area contributed by atoms with Crippen molar-refractivity contribution in [1.29, 1.82) is 0 Å². The maximum absolute atomic E-state index is 13.9. The summed E-state index contributed by atoms with van der Waals surface area (Å²) in [5.41, 5.74) is 3.30. The van der Waals surface area contributed by atoms with Gasteiger partial charge in [-0.2, -0.15) is 0 Å². The number of thiazole rings is 1. The van der Waals surface area contributed by atoms with Gasteiger partial charge in [-0.05, 0) is 24.5 Å². The highest BCUT2D eigenvalue weighted by molar-refractivity contribution is 7.07. The second-order valence-corrected chi connectivity index (χ2v) is 7.56. The summed E-state index contributed by atoms with van der Waals surface area (Å²) >= 11 is 1.58. The van der Waals surface area contributed by atoms with Gasteiger partial charge in [0.2, 0.25) is 5.91 Å². The third-order valence-electron chi connectivity index (χ3n) is 5.00. The van der Waals surface area contributed by atoms with Crippen molar-refractivity contribution in [2.24, 2.45) is 0 Å². The van der Waals surface area contributed by atoms with Crippen molar-refractivity contribution in [3.8, 4) is 0 Å². The van der Waals surface area contributed by atoms with Gasteiger partial charge in [-0.3, -0.25) is 4.79 Å². The Morgan fingerprint density at radius 2 is 2.19 bits per heavy atom. The number of piperidine rings is 1. The largest absolute Gasteiger partial charge is 0.342 e. The van der Waals surface area contributed by atoms with Gasteiger partial charge in [0.25, 0.3) is 0 Å². The highest BCUT2D eigenvalue weighted by Gasteiger charge is 2.27. The van der Waals surface area contributed by atoms with Crippen molar-refractivity contribution < 1.29 is 9.18 Å². The zero-order valence-electron chi connectivity index (χ0n) is 14.9. The van der Waals surface area contributed by atoms with E-state index in [0.29, 0.717) is 18.7 Å². The first kappa shape index (κ1) is 17.9. The molecular formula is C20H21FN4OS. The lowest BCUT2D eigenvalue weighted by Crippen LogP contribution is -2.40. The average molecular weight is 384 g/mol. The highest BCUT2D eigenvalue weighted by atomic mass is 32.1. The van der Waals surface area contributed by atoms with E-state index in [1.165, 1.54) is 6.07 Å². The van der Waals surface area contributed by atoms with E-state index in [1.54, 1.807) is 29.5 Å². The SMILES string of the molecule is O=C(Cc1ccccc1F)N1CCC[C@H](c2nccn2Cc2cscn2)C1. The standard InChI is InChI=1S/C20H21FN4OS/c21-18-6-2-1-4-15(18)10-19(26)24-8-3-5-16(11-24)20-22-7-9-25(20)12-17-13-27-14-23-17/h1-2,4,6-7,9,13-14,16H,3,5,8,10-12H2/t16-/m0/s1. The molecule has 1 fully saturated rings. The Morgan fingerprint density at radius 3 is 3.00 bits per heavy atom. The van der Waals surface area contributed by atoms with Crippen LogP contribution in [0.2, 0.25) is 0 Å². The molecule has 1 atom stereocenters. The highest BCUT2D eigenvalue weighted by Crippen LogP contribution is 2.27. The summed E-state index contributed by atoms with van der Waals surface area (Å²) < 4.78 is 16.0. The van der Waals surface area contributed by atoms with Crippen molar-refractivity contribution >= 4 is 17.2 Å². The van der Waals surface area contributed by atoms with Crippen molar-refractivity contribution in [3.63, 3.8) is 0 Å². The molecule has 0 N–H and O–H groups in total. The molecule has 1 aliphatic heterocycles. The minimum absolute atomic E-state index is 0.0255. The van der Waals surface area contributed by atoms with Crippen LogP contribution in [0.1, 0.15) is 35.8 Å². The summed E-state index contributed by atoms with van der Waals surface area (Å²) in [7, 11) is 0. The third-order valence-corrected chi connectivity index (χ3v) is 5.64. The molecule has 4 rings (SSSR count). The number of rotatable bonds is 5. The molecule has 0 aliphatic carbocycles. The first-order valence-corrected chi connectivity index (χ1v) is 10.0. The fourth-order valence-corrected chi connectivity index (χ4v) is 4.18. The molecule has 1 amide bonds. The normalized spacial score (nSPS) is 17.2. The molecule has 7 heteroatoms. The first-order chi connectivity index (χ1) is 13.2. The summed E-state index contributed by atoms with van der Waals surface area (Å²) in [6.45, 7) is 2.04. The van der Waals surface area contributed by atoms with Gasteiger partial charge in [0.05, 0.1) is 24.2 Å². The third kappa shape index (κ3) is 4.08. The van der Waals surface area contributed by atoms with Gasteiger partial charge in [0.15, 0.2) is 0 Å². The number of hydrogen-bond donors (Lipinski definition) is 0. The van der Waals surface area contributed by atoms with E-state index in [1.807, 2.05) is 28.2 Å². The molecule has 1 aromatic carbocycles. The fourth-order valence-electron chi connectivity index (χ4n) is 3.64. The molecule has 0 bridgehead atoms. The van der Waals surface area contributed by atoms with Gasteiger partial charge in [-0.25, -0.2) is 14.4 Å². The number of imidazole rings is 1. The number of halogens is 1. The van der Waals surface area contributed by atoms with E-state index in [-0.39, 0.29) is 24.1 Å². The Morgan fingerprint density at radius 1 is 1.30 bits per heavy atom. The second kappa shape index (κ2) is 8.00. The van der Waals surface area contributed by atoms with Crippen LogP contribution < -0.4 is 0 Å². The predicted octanol–water partition coefficient (Wildman–Crippen LogP) is 3.48. The minimum Gasteiger partial charge on any atom is -0.342 e. The number of aromatic nitrogens is 3. The molecule has 0 radical (unpaired) electrons. The Labute approximate surface area is 161 Å². The summed E-state index contributed by atoms with van der Waals surface area (Å²) in [6.07, 6.45) is 5.80. The van der Waals surface area contributed by atoms with Crippen LogP contribution in [-0.4, -0.2) is 38.4 Å². The molecule has 3 heterocycles. The van der Waals surface area contributed by atoms with Gasteiger partial charge in [0, 0.05) is 36.8 Å². The minimum atomic E-state index is -0.321. The molecule has 1 saturated heterocycles. The van der Waals surface area contributed by atoms with Gasteiger partial charge in [-0.1, -0.05) is 18.2 Å². The molecule has 1 aliphatic rings. The van der Waals surface area contributed by atoms with Crippen molar-refractivity contribution in [2.45, 2.75) is 31.7 Å². The molecule has 5 nitrogen and oxygen atoms in total. The van der Waals surface area contributed by atoms with Crippen LogP contribution >= 0.6 is 11.3 Å². The topological polar surface area (TPSA) is 51.0 Å². The van der Waals surface area contributed by atoms with E-state index in [9.17, 15) is 9.18 Å². The number of carbonyl (C=O) groups excluding carboxylic acids is 1. The Kier molecular flexibility index (Phi) is 5.29. The fraction of sp³-hybridized carbons (Fsp3) is 0.350. The lowest BCUT2D eigenvalue weighted by molar-refractivity contribution is -0.131. The molecule has 3 aromatic rings. The molecule has 140 valence electrons.